The largest absolute Gasteiger partial charge is 0.385 e. The fraction of sp³-hybridized carbons (Fsp3) is 0.579. The van der Waals surface area contributed by atoms with Gasteiger partial charge in [-0.1, -0.05) is 12.1 Å². The smallest absolute Gasteiger partial charge is 0.239 e. The van der Waals surface area contributed by atoms with Gasteiger partial charge < -0.3 is 20.3 Å². The van der Waals surface area contributed by atoms with Gasteiger partial charge in [0.25, 0.3) is 0 Å². The SMILES string of the molecule is CCN(CC(=O)NCc1ccc(F)cc1)C(=O)C1(CCOC)CCNC1.Cl. The van der Waals surface area contributed by atoms with E-state index in [1.54, 1.807) is 24.1 Å². The van der Waals surface area contributed by atoms with Crippen molar-refractivity contribution in [2.24, 2.45) is 5.41 Å². The maximum atomic E-state index is 13.1. The Hall–Kier alpha value is -1.70. The molecule has 0 aromatic heterocycles. The normalized spacial score (nSPS) is 18.6. The van der Waals surface area contributed by atoms with Crippen LogP contribution in [0.2, 0.25) is 0 Å². The lowest BCUT2D eigenvalue weighted by Crippen LogP contribution is -2.49. The van der Waals surface area contributed by atoms with Gasteiger partial charge in [-0.15, -0.1) is 12.4 Å². The molecule has 0 aliphatic carbocycles. The molecule has 2 rings (SSSR count). The van der Waals surface area contributed by atoms with Gasteiger partial charge >= 0.3 is 0 Å². The molecule has 2 amide bonds. The van der Waals surface area contributed by atoms with Crippen LogP contribution in [0.5, 0.6) is 0 Å². The molecule has 0 spiro atoms. The van der Waals surface area contributed by atoms with Crippen molar-refractivity contribution in [3.8, 4) is 0 Å². The van der Waals surface area contributed by atoms with Gasteiger partial charge in [-0.05, 0) is 44.0 Å². The van der Waals surface area contributed by atoms with Gasteiger partial charge in [0.05, 0.1) is 12.0 Å². The van der Waals surface area contributed by atoms with E-state index in [0.717, 1.165) is 18.5 Å². The molecule has 152 valence electrons. The standard InChI is InChI=1S/C19H28FN3O3.ClH/c1-3-23(18(25)19(9-11-26-2)8-10-21-14-19)13-17(24)22-12-15-4-6-16(20)7-5-15;/h4-7,21H,3,8-14H2,1-2H3,(H,22,24);1H. The van der Waals surface area contributed by atoms with Gasteiger partial charge in [-0.2, -0.15) is 0 Å². The molecule has 0 bridgehead atoms. The number of nitrogens with one attached hydrogen (secondary N) is 2. The molecule has 1 atom stereocenters. The number of carbonyl (C=O) groups excluding carboxylic acids is 2. The first kappa shape index (κ1) is 23.3. The highest BCUT2D eigenvalue weighted by Gasteiger charge is 2.43. The third kappa shape index (κ3) is 6.45. The average Bonchev–Trinajstić information content (AvgIpc) is 3.13. The van der Waals surface area contributed by atoms with Gasteiger partial charge in [-0.25, -0.2) is 4.39 Å². The van der Waals surface area contributed by atoms with E-state index in [-0.39, 0.29) is 36.6 Å². The van der Waals surface area contributed by atoms with Crippen molar-refractivity contribution in [1.29, 1.82) is 0 Å². The summed E-state index contributed by atoms with van der Waals surface area (Å²) in [6.07, 6.45) is 1.39. The average molecular weight is 402 g/mol. The van der Waals surface area contributed by atoms with Crippen LogP contribution in [0, 0.1) is 11.2 Å². The molecule has 1 fully saturated rings. The molecular formula is C19H29ClFN3O3. The number of nitrogens with zero attached hydrogens (tertiary/aromatic N) is 1. The van der Waals surface area contributed by atoms with E-state index in [2.05, 4.69) is 10.6 Å². The number of halogens is 2. The number of ether oxygens (including phenoxy) is 1. The summed E-state index contributed by atoms with van der Waals surface area (Å²) in [5.74, 6) is -0.536. The highest BCUT2D eigenvalue weighted by Crippen LogP contribution is 2.32. The molecule has 1 aliphatic heterocycles. The Morgan fingerprint density at radius 2 is 2.04 bits per heavy atom. The second kappa shape index (κ2) is 11.2. The number of likely N-dealkylation sites (N-methyl/N-ethyl adjacent to an activating group) is 1. The molecule has 1 unspecified atom stereocenters. The zero-order valence-electron chi connectivity index (χ0n) is 15.9. The van der Waals surface area contributed by atoms with Crippen molar-refractivity contribution >= 4 is 24.2 Å². The lowest BCUT2D eigenvalue weighted by Gasteiger charge is -2.33. The number of hydrogen-bond acceptors (Lipinski definition) is 4. The number of methoxy groups -OCH3 is 1. The van der Waals surface area contributed by atoms with Gasteiger partial charge in [0, 0.05) is 33.4 Å². The lowest BCUT2D eigenvalue weighted by molar-refractivity contribution is -0.145. The molecule has 8 heteroatoms. The number of benzene rings is 1. The minimum absolute atomic E-state index is 0. The zero-order valence-corrected chi connectivity index (χ0v) is 16.7. The van der Waals surface area contributed by atoms with Crippen molar-refractivity contribution in [1.82, 2.24) is 15.5 Å². The van der Waals surface area contributed by atoms with Crippen molar-refractivity contribution in [3.05, 3.63) is 35.6 Å². The summed E-state index contributed by atoms with van der Waals surface area (Å²) in [5.41, 5.74) is 0.314. The van der Waals surface area contributed by atoms with Gasteiger partial charge in [0.1, 0.15) is 5.82 Å². The molecule has 1 aliphatic rings. The number of rotatable bonds is 9. The molecule has 1 aromatic carbocycles. The Morgan fingerprint density at radius 1 is 1.33 bits per heavy atom. The molecule has 2 N–H and O–H groups in total. The third-order valence-electron chi connectivity index (χ3n) is 4.89. The van der Waals surface area contributed by atoms with Crippen LogP contribution in [-0.2, 0) is 20.9 Å². The predicted molar refractivity (Wildman–Crippen MR) is 104 cm³/mol. The van der Waals surface area contributed by atoms with E-state index in [1.165, 1.54) is 12.1 Å². The van der Waals surface area contributed by atoms with Crippen LogP contribution in [0.15, 0.2) is 24.3 Å². The van der Waals surface area contributed by atoms with Crippen molar-refractivity contribution in [2.75, 3.05) is 39.9 Å². The molecule has 6 nitrogen and oxygen atoms in total. The first-order chi connectivity index (χ1) is 12.5. The molecule has 0 radical (unpaired) electrons. The minimum Gasteiger partial charge on any atom is -0.385 e. The van der Waals surface area contributed by atoms with E-state index in [4.69, 9.17) is 4.74 Å². The Labute approximate surface area is 166 Å². The fourth-order valence-electron chi connectivity index (χ4n) is 3.24. The lowest BCUT2D eigenvalue weighted by atomic mass is 9.82. The summed E-state index contributed by atoms with van der Waals surface area (Å²) in [6, 6.07) is 5.97. The topological polar surface area (TPSA) is 70.7 Å². The summed E-state index contributed by atoms with van der Waals surface area (Å²) in [5, 5.41) is 6.04. The van der Waals surface area contributed by atoms with E-state index in [9.17, 15) is 14.0 Å². The molecule has 1 heterocycles. The summed E-state index contributed by atoms with van der Waals surface area (Å²) in [4.78, 5) is 26.9. The molecular weight excluding hydrogens is 373 g/mol. The second-order valence-corrected chi connectivity index (χ2v) is 6.67. The first-order valence-corrected chi connectivity index (χ1v) is 9.01. The van der Waals surface area contributed by atoms with Gasteiger partial charge in [0.15, 0.2) is 0 Å². The molecule has 1 aromatic rings. The monoisotopic (exact) mass is 401 g/mol. The molecule has 27 heavy (non-hydrogen) atoms. The predicted octanol–water partition coefficient (Wildman–Crippen LogP) is 1.73. The zero-order chi connectivity index (χ0) is 19.0. The van der Waals surface area contributed by atoms with Crippen molar-refractivity contribution < 1.29 is 18.7 Å². The second-order valence-electron chi connectivity index (χ2n) is 6.67. The molecule has 0 saturated carbocycles. The first-order valence-electron chi connectivity index (χ1n) is 9.01. The Bertz CT molecular complexity index is 607. The Morgan fingerprint density at radius 3 is 2.59 bits per heavy atom. The van der Waals surface area contributed by atoms with Crippen molar-refractivity contribution in [3.63, 3.8) is 0 Å². The summed E-state index contributed by atoms with van der Waals surface area (Å²) >= 11 is 0. The van der Waals surface area contributed by atoms with Crippen LogP contribution in [0.4, 0.5) is 4.39 Å². The van der Waals surface area contributed by atoms with Crippen LogP contribution in [0.3, 0.4) is 0 Å². The van der Waals surface area contributed by atoms with E-state index in [1.807, 2.05) is 6.92 Å². The number of hydrogen-bond donors (Lipinski definition) is 2. The Kier molecular flexibility index (Phi) is 9.69. The van der Waals surface area contributed by atoms with Gasteiger partial charge in [0.2, 0.25) is 11.8 Å². The van der Waals surface area contributed by atoms with Crippen LogP contribution < -0.4 is 10.6 Å². The van der Waals surface area contributed by atoms with Crippen LogP contribution >= 0.6 is 12.4 Å². The summed E-state index contributed by atoms with van der Waals surface area (Å²) in [6.45, 7) is 4.59. The van der Waals surface area contributed by atoms with E-state index >= 15 is 0 Å². The molecule has 1 saturated heterocycles. The van der Waals surface area contributed by atoms with Gasteiger partial charge in [-0.3, -0.25) is 9.59 Å². The highest BCUT2D eigenvalue weighted by molar-refractivity contribution is 5.88. The third-order valence-corrected chi connectivity index (χ3v) is 4.89. The number of amides is 2. The van der Waals surface area contributed by atoms with Crippen molar-refractivity contribution in [2.45, 2.75) is 26.3 Å². The fourth-order valence-corrected chi connectivity index (χ4v) is 3.24. The highest BCUT2D eigenvalue weighted by atomic mass is 35.5. The maximum Gasteiger partial charge on any atom is 0.239 e. The number of carbonyl (C=O) groups is 2. The van der Waals surface area contributed by atoms with Crippen LogP contribution in [0.1, 0.15) is 25.3 Å². The summed E-state index contributed by atoms with van der Waals surface area (Å²) in [7, 11) is 1.63. The minimum atomic E-state index is -0.497. The van der Waals surface area contributed by atoms with Crippen LogP contribution in [-0.4, -0.2) is 56.6 Å². The quantitative estimate of drug-likeness (QED) is 0.661. The summed E-state index contributed by atoms with van der Waals surface area (Å²) < 4.78 is 18.1. The van der Waals surface area contributed by atoms with E-state index in [0.29, 0.717) is 32.7 Å². The maximum absolute atomic E-state index is 13.1. The van der Waals surface area contributed by atoms with E-state index < -0.39 is 5.41 Å². The Balaban J connectivity index is 0.00000364. The van der Waals surface area contributed by atoms with Crippen LogP contribution in [0.25, 0.3) is 0 Å².